The van der Waals surface area contributed by atoms with Crippen molar-refractivity contribution in [3.05, 3.63) is 24.3 Å². The number of aromatic hydroxyl groups is 1. The van der Waals surface area contributed by atoms with Crippen molar-refractivity contribution in [2.45, 2.75) is 12.1 Å². The molecule has 7 heteroatoms. The quantitative estimate of drug-likeness (QED) is 0.669. The van der Waals surface area contributed by atoms with E-state index in [9.17, 15) is 9.90 Å². The number of aromatic nitrogens is 3. The number of esters is 1. The third kappa shape index (κ3) is 3.11. The van der Waals surface area contributed by atoms with Crippen LogP contribution in [0.1, 0.15) is 6.92 Å². The second-order valence-electron chi connectivity index (χ2n) is 3.98. The highest BCUT2D eigenvalue weighted by Crippen LogP contribution is 2.29. The average Bonchev–Trinajstić information content (AvgIpc) is 2.79. The molecule has 0 spiro atoms. The lowest BCUT2D eigenvalue weighted by Crippen LogP contribution is -2.07. The van der Waals surface area contributed by atoms with Gasteiger partial charge in [0.1, 0.15) is 5.75 Å². The van der Waals surface area contributed by atoms with Gasteiger partial charge < -0.3 is 14.4 Å². The fraction of sp³-hybridized carbons (Fsp3) is 0.308. The summed E-state index contributed by atoms with van der Waals surface area (Å²) in [6.07, 6.45) is 0. The first kappa shape index (κ1) is 14.4. The van der Waals surface area contributed by atoms with E-state index in [1.807, 2.05) is 6.07 Å². The lowest BCUT2D eigenvalue weighted by atomic mass is 10.2. The predicted molar refractivity (Wildman–Crippen MR) is 75.5 cm³/mol. The number of rotatable bonds is 5. The Morgan fingerprint density at radius 2 is 2.15 bits per heavy atom. The molecule has 0 fully saturated rings. The normalized spacial score (nSPS) is 10.5. The third-order valence-corrected chi connectivity index (χ3v) is 3.60. The van der Waals surface area contributed by atoms with E-state index in [0.717, 1.165) is 0 Å². The molecule has 0 atom stereocenters. The smallest absolute Gasteiger partial charge is 0.316 e. The molecular weight excluding hydrogens is 278 g/mol. The first-order valence-corrected chi connectivity index (χ1v) is 7.08. The summed E-state index contributed by atoms with van der Waals surface area (Å²) in [7, 11) is 1.79. The zero-order valence-corrected chi connectivity index (χ0v) is 12.1. The van der Waals surface area contributed by atoms with Gasteiger partial charge in [-0.1, -0.05) is 23.9 Å². The average molecular weight is 293 g/mol. The van der Waals surface area contributed by atoms with Crippen LogP contribution in [0.25, 0.3) is 11.4 Å². The fourth-order valence-electron chi connectivity index (χ4n) is 1.66. The number of phenolic OH excluding ortho intramolecular Hbond substituents is 1. The monoisotopic (exact) mass is 293 g/mol. The molecule has 0 aliphatic carbocycles. The van der Waals surface area contributed by atoms with E-state index < -0.39 is 0 Å². The number of thioether (sulfide) groups is 1. The van der Waals surface area contributed by atoms with Crippen LogP contribution in [0, 0.1) is 0 Å². The number of carbonyl (C=O) groups excluding carboxylic acids is 1. The molecule has 0 amide bonds. The second kappa shape index (κ2) is 6.42. The Morgan fingerprint density at radius 1 is 1.40 bits per heavy atom. The number of carbonyl (C=O) groups is 1. The van der Waals surface area contributed by atoms with Gasteiger partial charge in [-0.25, -0.2) is 0 Å². The molecule has 0 unspecified atom stereocenters. The minimum Gasteiger partial charge on any atom is -0.507 e. The van der Waals surface area contributed by atoms with E-state index in [2.05, 4.69) is 10.2 Å². The van der Waals surface area contributed by atoms with Gasteiger partial charge in [-0.05, 0) is 19.1 Å². The molecule has 0 bridgehead atoms. The molecule has 2 aromatic rings. The zero-order valence-electron chi connectivity index (χ0n) is 11.2. The van der Waals surface area contributed by atoms with Gasteiger partial charge in [-0.2, -0.15) is 0 Å². The van der Waals surface area contributed by atoms with Crippen LogP contribution in [0.15, 0.2) is 29.4 Å². The van der Waals surface area contributed by atoms with E-state index in [4.69, 9.17) is 4.74 Å². The van der Waals surface area contributed by atoms with Crippen LogP contribution in [0.2, 0.25) is 0 Å². The van der Waals surface area contributed by atoms with Gasteiger partial charge >= 0.3 is 5.97 Å². The molecule has 0 aliphatic rings. The number of para-hydroxylation sites is 1. The van der Waals surface area contributed by atoms with Crippen molar-refractivity contribution in [2.75, 3.05) is 12.4 Å². The molecular formula is C13H15N3O3S. The van der Waals surface area contributed by atoms with Crippen molar-refractivity contribution in [2.24, 2.45) is 7.05 Å². The number of benzene rings is 1. The Bertz CT molecular complexity index is 613. The van der Waals surface area contributed by atoms with E-state index in [-0.39, 0.29) is 17.5 Å². The SMILES string of the molecule is CCOC(=O)CSc1nnc(-c2ccccc2O)n1C. The summed E-state index contributed by atoms with van der Waals surface area (Å²) in [4.78, 5) is 11.3. The Hall–Kier alpha value is -2.02. The van der Waals surface area contributed by atoms with Gasteiger partial charge in [0.25, 0.3) is 0 Å². The summed E-state index contributed by atoms with van der Waals surface area (Å²) in [6.45, 7) is 2.13. The van der Waals surface area contributed by atoms with Crippen LogP contribution < -0.4 is 0 Å². The van der Waals surface area contributed by atoms with Crippen molar-refractivity contribution in [1.82, 2.24) is 14.8 Å². The van der Waals surface area contributed by atoms with Gasteiger partial charge in [0.15, 0.2) is 11.0 Å². The molecule has 1 aromatic carbocycles. The molecule has 0 radical (unpaired) electrons. The maximum atomic E-state index is 11.3. The van der Waals surface area contributed by atoms with Crippen LogP contribution in [0.3, 0.4) is 0 Å². The highest BCUT2D eigenvalue weighted by Gasteiger charge is 2.15. The number of phenols is 1. The number of ether oxygens (including phenoxy) is 1. The minimum atomic E-state index is -0.287. The second-order valence-corrected chi connectivity index (χ2v) is 4.92. The summed E-state index contributed by atoms with van der Waals surface area (Å²) in [5.74, 6) is 0.588. The minimum absolute atomic E-state index is 0.143. The maximum absolute atomic E-state index is 11.3. The van der Waals surface area contributed by atoms with Gasteiger partial charge in [0.2, 0.25) is 0 Å². The van der Waals surface area contributed by atoms with Crippen LogP contribution in [-0.4, -0.2) is 38.2 Å². The fourth-order valence-corrected chi connectivity index (χ4v) is 2.37. The first-order chi connectivity index (χ1) is 9.63. The van der Waals surface area contributed by atoms with E-state index in [1.54, 1.807) is 36.7 Å². The van der Waals surface area contributed by atoms with Crippen LogP contribution in [0.4, 0.5) is 0 Å². The lowest BCUT2D eigenvalue weighted by molar-refractivity contribution is -0.139. The van der Waals surface area contributed by atoms with E-state index >= 15 is 0 Å². The van der Waals surface area contributed by atoms with Crippen LogP contribution >= 0.6 is 11.8 Å². The summed E-state index contributed by atoms with van der Waals surface area (Å²) < 4.78 is 6.59. The highest BCUT2D eigenvalue weighted by molar-refractivity contribution is 7.99. The van der Waals surface area contributed by atoms with Crippen LogP contribution in [0.5, 0.6) is 5.75 Å². The first-order valence-electron chi connectivity index (χ1n) is 6.09. The summed E-state index contributed by atoms with van der Waals surface area (Å²) >= 11 is 1.25. The predicted octanol–water partition coefficient (Wildman–Crippen LogP) is 1.84. The van der Waals surface area contributed by atoms with Gasteiger partial charge in [0.05, 0.1) is 17.9 Å². The summed E-state index contributed by atoms with van der Waals surface area (Å²) in [6, 6.07) is 6.91. The van der Waals surface area contributed by atoms with E-state index in [0.29, 0.717) is 23.2 Å². The number of hydrogen-bond donors (Lipinski definition) is 1. The molecule has 2 rings (SSSR count). The molecule has 1 aromatic heterocycles. The highest BCUT2D eigenvalue weighted by atomic mass is 32.2. The Kier molecular flexibility index (Phi) is 4.62. The molecule has 6 nitrogen and oxygen atoms in total. The number of hydrogen-bond acceptors (Lipinski definition) is 6. The Morgan fingerprint density at radius 3 is 2.85 bits per heavy atom. The molecule has 1 heterocycles. The van der Waals surface area contributed by atoms with Crippen molar-refractivity contribution >= 4 is 17.7 Å². The largest absolute Gasteiger partial charge is 0.507 e. The van der Waals surface area contributed by atoms with Crippen LogP contribution in [-0.2, 0) is 16.6 Å². The van der Waals surface area contributed by atoms with Crippen molar-refractivity contribution in [3.63, 3.8) is 0 Å². The topological polar surface area (TPSA) is 77.2 Å². The zero-order chi connectivity index (χ0) is 14.5. The number of nitrogens with zero attached hydrogens (tertiary/aromatic N) is 3. The molecule has 106 valence electrons. The molecule has 0 saturated heterocycles. The third-order valence-electron chi connectivity index (χ3n) is 2.60. The lowest BCUT2D eigenvalue weighted by Gasteiger charge is -2.05. The van der Waals surface area contributed by atoms with Gasteiger partial charge in [-0.3, -0.25) is 4.79 Å². The van der Waals surface area contributed by atoms with Crippen molar-refractivity contribution in [1.29, 1.82) is 0 Å². The molecule has 0 aliphatic heterocycles. The molecule has 1 N–H and O–H groups in total. The summed E-state index contributed by atoms with van der Waals surface area (Å²) in [5.41, 5.74) is 0.602. The Labute approximate surface area is 120 Å². The van der Waals surface area contributed by atoms with Gasteiger partial charge in [-0.15, -0.1) is 10.2 Å². The summed E-state index contributed by atoms with van der Waals surface area (Å²) in [5, 5.41) is 18.5. The maximum Gasteiger partial charge on any atom is 0.316 e. The Balaban J connectivity index is 2.15. The molecule has 20 heavy (non-hydrogen) atoms. The van der Waals surface area contributed by atoms with Crippen molar-refractivity contribution < 1.29 is 14.6 Å². The van der Waals surface area contributed by atoms with Crippen molar-refractivity contribution in [3.8, 4) is 17.1 Å². The standard InChI is InChI=1S/C13H15N3O3S/c1-3-19-11(18)8-20-13-15-14-12(16(13)2)9-6-4-5-7-10(9)17/h4-7,17H,3,8H2,1-2H3. The van der Waals surface area contributed by atoms with Gasteiger partial charge in [0, 0.05) is 7.05 Å². The molecule has 0 saturated carbocycles. The van der Waals surface area contributed by atoms with E-state index in [1.165, 1.54) is 11.8 Å².